The second-order valence-corrected chi connectivity index (χ2v) is 5.03. The van der Waals surface area contributed by atoms with Crippen molar-refractivity contribution in [2.24, 2.45) is 0 Å². The highest BCUT2D eigenvalue weighted by atomic mass is 16.3. The Hall–Kier alpha value is -1.51. The van der Waals surface area contributed by atoms with Gasteiger partial charge in [-0.25, -0.2) is 0 Å². The molecule has 1 aromatic rings. The fourth-order valence-electron chi connectivity index (χ4n) is 2.74. The molecule has 3 nitrogen and oxygen atoms in total. The first-order valence-electron chi connectivity index (χ1n) is 6.74. The maximum Gasteiger partial charge on any atom is 0.254 e. The van der Waals surface area contributed by atoms with Crippen molar-refractivity contribution in [3.05, 3.63) is 29.3 Å². The molecule has 3 heteroatoms. The third-order valence-electron chi connectivity index (χ3n) is 3.81. The normalized spacial score (nSPS) is 15.9. The van der Waals surface area contributed by atoms with Crippen molar-refractivity contribution in [2.45, 2.75) is 45.6 Å². The van der Waals surface area contributed by atoms with Gasteiger partial charge in [0.25, 0.3) is 5.91 Å². The summed E-state index contributed by atoms with van der Waals surface area (Å²) >= 11 is 0. The van der Waals surface area contributed by atoms with Crippen LogP contribution >= 0.6 is 0 Å². The van der Waals surface area contributed by atoms with E-state index in [1.165, 1.54) is 12.8 Å². The summed E-state index contributed by atoms with van der Waals surface area (Å²) in [6.07, 6.45) is 4.69. The molecule has 1 N–H and O–H groups in total. The molecule has 1 fully saturated rings. The van der Waals surface area contributed by atoms with Crippen molar-refractivity contribution in [3.8, 4) is 5.75 Å². The predicted octanol–water partition coefficient (Wildman–Crippen LogP) is 3.11. The van der Waals surface area contributed by atoms with Crippen LogP contribution in [0.25, 0.3) is 0 Å². The average Bonchev–Trinajstić information content (AvgIpc) is 2.87. The molecular weight excluding hydrogens is 226 g/mol. The molecule has 0 heterocycles. The first-order chi connectivity index (χ1) is 8.63. The van der Waals surface area contributed by atoms with Crippen LogP contribution in [-0.4, -0.2) is 28.5 Å². The largest absolute Gasteiger partial charge is 0.508 e. The smallest absolute Gasteiger partial charge is 0.254 e. The Kier molecular flexibility index (Phi) is 3.90. The monoisotopic (exact) mass is 247 g/mol. The molecule has 0 saturated heterocycles. The third kappa shape index (κ3) is 2.50. The Bertz CT molecular complexity index is 436. The van der Waals surface area contributed by atoms with Gasteiger partial charge in [-0.1, -0.05) is 12.8 Å². The Morgan fingerprint density at radius 1 is 1.39 bits per heavy atom. The van der Waals surface area contributed by atoms with Crippen molar-refractivity contribution < 1.29 is 9.90 Å². The minimum atomic E-state index is 0.0903. The summed E-state index contributed by atoms with van der Waals surface area (Å²) < 4.78 is 0. The molecule has 98 valence electrons. The van der Waals surface area contributed by atoms with Crippen molar-refractivity contribution in [2.75, 3.05) is 6.54 Å². The molecule has 1 saturated carbocycles. The van der Waals surface area contributed by atoms with Gasteiger partial charge in [-0.3, -0.25) is 4.79 Å². The third-order valence-corrected chi connectivity index (χ3v) is 3.81. The van der Waals surface area contributed by atoms with Crippen LogP contribution in [0.1, 0.15) is 48.5 Å². The number of nitrogens with zero attached hydrogens (tertiary/aromatic N) is 1. The van der Waals surface area contributed by atoms with Gasteiger partial charge in [-0.15, -0.1) is 0 Å². The van der Waals surface area contributed by atoms with E-state index in [4.69, 9.17) is 0 Å². The van der Waals surface area contributed by atoms with Crippen LogP contribution in [0, 0.1) is 6.92 Å². The van der Waals surface area contributed by atoms with Crippen LogP contribution in [0.3, 0.4) is 0 Å². The minimum absolute atomic E-state index is 0.0903. The van der Waals surface area contributed by atoms with E-state index in [0.29, 0.717) is 11.6 Å². The SMILES string of the molecule is CCN(C(=O)c1ccc(O)c(C)c1)C1CCCC1. The number of hydrogen-bond donors (Lipinski definition) is 1. The highest BCUT2D eigenvalue weighted by molar-refractivity contribution is 5.94. The molecular formula is C15H21NO2. The zero-order chi connectivity index (χ0) is 13.1. The van der Waals surface area contributed by atoms with Crippen LogP contribution < -0.4 is 0 Å². The maximum atomic E-state index is 12.5. The van der Waals surface area contributed by atoms with Gasteiger partial charge in [-0.2, -0.15) is 0 Å². The number of aryl methyl sites for hydroxylation is 1. The molecule has 0 aliphatic heterocycles. The lowest BCUT2D eigenvalue weighted by Gasteiger charge is -2.27. The van der Waals surface area contributed by atoms with Gasteiger partial charge >= 0.3 is 0 Å². The first-order valence-corrected chi connectivity index (χ1v) is 6.74. The van der Waals surface area contributed by atoms with Gasteiger partial charge in [0.1, 0.15) is 5.75 Å². The fraction of sp³-hybridized carbons (Fsp3) is 0.533. The summed E-state index contributed by atoms with van der Waals surface area (Å²) in [7, 11) is 0. The Morgan fingerprint density at radius 2 is 2.06 bits per heavy atom. The Labute approximate surface area is 108 Å². The van der Waals surface area contributed by atoms with Crippen LogP contribution in [0.15, 0.2) is 18.2 Å². The van der Waals surface area contributed by atoms with E-state index in [1.54, 1.807) is 18.2 Å². The first kappa shape index (κ1) is 12.9. The number of benzene rings is 1. The topological polar surface area (TPSA) is 40.5 Å². The lowest BCUT2D eigenvalue weighted by molar-refractivity contribution is 0.0693. The fourth-order valence-corrected chi connectivity index (χ4v) is 2.74. The number of carbonyl (C=O) groups is 1. The van der Waals surface area contributed by atoms with E-state index in [9.17, 15) is 9.90 Å². The second kappa shape index (κ2) is 5.42. The standard InChI is InChI=1S/C15H21NO2/c1-3-16(13-6-4-5-7-13)15(18)12-8-9-14(17)11(2)10-12/h8-10,13,17H,3-7H2,1-2H3. The van der Waals surface area contributed by atoms with Gasteiger partial charge in [0.05, 0.1) is 0 Å². The molecule has 0 atom stereocenters. The molecule has 0 unspecified atom stereocenters. The van der Waals surface area contributed by atoms with E-state index in [0.717, 1.165) is 24.9 Å². The van der Waals surface area contributed by atoms with Gasteiger partial charge in [0.15, 0.2) is 0 Å². The number of phenols is 1. The van der Waals surface area contributed by atoms with Gasteiger partial charge < -0.3 is 10.0 Å². The number of carbonyl (C=O) groups excluding carboxylic acids is 1. The lowest BCUT2D eigenvalue weighted by atomic mass is 10.1. The summed E-state index contributed by atoms with van der Waals surface area (Å²) in [6.45, 7) is 4.60. The van der Waals surface area contributed by atoms with Crippen LogP contribution in [0.2, 0.25) is 0 Å². The molecule has 0 bridgehead atoms. The van der Waals surface area contributed by atoms with Crippen molar-refractivity contribution in [1.29, 1.82) is 0 Å². The van der Waals surface area contributed by atoms with Gasteiger partial charge in [-0.05, 0) is 50.5 Å². The Morgan fingerprint density at radius 3 is 2.61 bits per heavy atom. The number of rotatable bonds is 3. The summed E-state index contributed by atoms with van der Waals surface area (Å²) in [5.41, 5.74) is 1.43. The maximum absolute atomic E-state index is 12.5. The van der Waals surface area contributed by atoms with E-state index in [1.807, 2.05) is 18.7 Å². The number of aromatic hydroxyl groups is 1. The highest BCUT2D eigenvalue weighted by Gasteiger charge is 2.26. The van der Waals surface area contributed by atoms with Crippen LogP contribution in [0.5, 0.6) is 5.75 Å². The zero-order valence-corrected chi connectivity index (χ0v) is 11.1. The molecule has 1 aliphatic rings. The molecule has 2 rings (SSSR count). The molecule has 1 aromatic carbocycles. The van der Waals surface area contributed by atoms with Crippen molar-refractivity contribution in [3.63, 3.8) is 0 Å². The number of amides is 1. The van der Waals surface area contributed by atoms with Crippen LogP contribution in [0.4, 0.5) is 0 Å². The van der Waals surface area contributed by atoms with Crippen LogP contribution in [-0.2, 0) is 0 Å². The molecule has 0 spiro atoms. The number of hydrogen-bond acceptors (Lipinski definition) is 2. The second-order valence-electron chi connectivity index (χ2n) is 5.03. The molecule has 1 amide bonds. The van der Waals surface area contributed by atoms with E-state index in [-0.39, 0.29) is 11.7 Å². The highest BCUT2D eigenvalue weighted by Crippen LogP contribution is 2.25. The minimum Gasteiger partial charge on any atom is -0.508 e. The van der Waals surface area contributed by atoms with Gasteiger partial charge in [0, 0.05) is 18.2 Å². The zero-order valence-electron chi connectivity index (χ0n) is 11.1. The van der Waals surface area contributed by atoms with E-state index < -0.39 is 0 Å². The number of phenolic OH excluding ortho intramolecular Hbond substituents is 1. The van der Waals surface area contributed by atoms with Crippen molar-refractivity contribution in [1.82, 2.24) is 4.90 Å². The van der Waals surface area contributed by atoms with E-state index in [2.05, 4.69) is 0 Å². The quantitative estimate of drug-likeness (QED) is 0.891. The summed E-state index contributed by atoms with van der Waals surface area (Å²) in [6, 6.07) is 5.49. The molecule has 1 aliphatic carbocycles. The molecule has 0 aromatic heterocycles. The van der Waals surface area contributed by atoms with E-state index >= 15 is 0 Å². The Balaban J connectivity index is 2.19. The summed E-state index contributed by atoms with van der Waals surface area (Å²) in [5.74, 6) is 0.336. The van der Waals surface area contributed by atoms with Crippen molar-refractivity contribution >= 4 is 5.91 Å². The molecule has 0 radical (unpaired) electrons. The predicted molar refractivity (Wildman–Crippen MR) is 71.8 cm³/mol. The summed E-state index contributed by atoms with van der Waals surface area (Å²) in [5, 5.41) is 9.51. The van der Waals surface area contributed by atoms with Gasteiger partial charge in [0.2, 0.25) is 0 Å². The summed E-state index contributed by atoms with van der Waals surface area (Å²) in [4.78, 5) is 14.4. The lowest BCUT2D eigenvalue weighted by Crippen LogP contribution is -2.38. The molecule has 18 heavy (non-hydrogen) atoms. The average molecular weight is 247 g/mol.